The molecule has 0 amide bonds. The molecule has 3 nitrogen and oxygen atoms in total. The summed E-state index contributed by atoms with van der Waals surface area (Å²) in [7, 11) is 0. The molecule has 0 aromatic rings. The summed E-state index contributed by atoms with van der Waals surface area (Å²) in [5.41, 5.74) is 0. The van der Waals surface area contributed by atoms with Crippen LogP contribution in [0.25, 0.3) is 0 Å². The SMILES string of the molecule is CCCC(C)CC(=O)CC(=O)OCC. The van der Waals surface area contributed by atoms with Crippen LogP contribution >= 0.6 is 0 Å². The molecule has 0 saturated heterocycles. The smallest absolute Gasteiger partial charge is 0.313 e. The lowest BCUT2D eigenvalue weighted by Crippen LogP contribution is -2.13. The summed E-state index contributed by atoms with van der Waals surface area (Å²) in [4.78, 5) is 22.3. The van der Waals surface area contributed by atoms with E-state index in [9.17, 15) is 9.59 Å². The van der Waals surface area contributed by atoms with Crippen LogP contribution in [0, 0.1) is 5.92 Å². The van der Waals surface area contributed by atoms with Gasteiger partial charge < -0.3 is 4.74 Å². The van der Waals surface area contributed by atoms with Gasteiger partial charge in [-0.15, -0.1) is 0 Å². The monoisotopic (exact) mass is 200 g/mol. The van der Waals surface area contributed by atoms with Crippen LogP contribution in [0.4, 0.5) is 0 Å². The Balaban J connectivity index is 3.69. The first-order valence-corrected chi connectivity index (χ1v) is 5.27. The summed E-state index contributed by atoms with van der Waals surface area (Å²) in [5, 5.41) is 0. The third kappa shape index (κ3) is 6.63. The minimum atomic E-state index is -0.402. The molecule has 0 N–H and O–H groups in total. The van der Waals surface area contributed by atoms with Crippen molar-refractivity contribution < 1.29 is 14.3 Å². The third-order valence-corrected chi connectivity index (χ3v) is 2.00. The summed E-state index contributed by atoms with van der Waals surface area (Å²) in [5.74, 6) is -0.0347. The van der Waals surface area contributed by atoms with E-state index in [1.807, 2.05) is 6.92 Å². The van der Waals surface area contributed by atoms with Crippen molar-refractivity contribution in [1.29, 1.82) is 0 Å². The van der Waals surface area contributed by atoms with Crippen molar-refractivity contribution in [3.8, 4) is 0 Å². The molecular formula is C11H20O3. The van der Waals surface area contributed by atoms with Crippen molar-refractivity contribution in [1.82, 2.24) is 0 Å². The molecule has 3 heteroatoms. The molecule has 1 atom stereocenters. The van der Waals surface area contributed by atoms with Crippen molar-refractivity contribution >= 4 is 11.8 Å². The van der Waals surface area contributed by atoms with Gasteiger partial charge in [0.15, 0.2) is 0 Å². The molecule has 0 rings (SSSR count). The largest absolute Gasteiger partial charge is 0.466 e. The standard InChI is InChI=1S/C11H20O3/c1-4-6-9(3)7-10(12)8-11(13)14-5-2/h9H,4-8H2,1-3H3. The van der Waals surface area contributed by atoms with E-state index in [1.54, 1.807) is 6.92 Å². The minimum Gasteiger partial charge on any atom is -0.466 e. The number of hydrogen-bond acceptors (Lipinski definition) is 3. The third-order valence-electron chi connectivity index (χ3n) is 2.00. The van der Waals surface area contributed by atoms with Gasteiger partial charge in [-0.3, -0.25) is 9.59 Å². The number of Topliss-reactive ketones (excluding diaryl/α,β-unsaturated/α-hetero) is 1. The molecule has 0 fully saturated rings. The minimum absolute atomic E-state index is 0.00981. The molecule has 1 unspecified atom stereocenters. The Labute approximate surface area is 85.8 Å². The Morgan fingerprint density at radius 3 is 2.43 bits per heavy atom. The molecule has 14 heavy (non-hydrogen) atoms. The predicted molar refractivity (Wildman–Crippen MR) is 54.9 cm³/mol. The van der Waals surface area contributed by atoms with E-state index in [1.165, 1.54) is 0 Å². The summed E-state index contributed by atoms with van der Waals surface area (Å²) in [6.45, 7) is 6.21. The fraction of sp³-hybridized carbons (Fsp3) is 0.818. The highest BCUT2D eigenvalue weighted by Gasteiger charge is 2.13. The highest BCUT2D eigenvalue weighted by Crippen LogP contribution is 2.11. The van der Waals surface area contributed by atoms with Crippen molar-refractivity contribution in [3.05, 3.63) is 0 Å². The Kier molecular flexibility index (Phi) is 7.07. The van der Waals surface area contributed by atoms with Crippen LogP contribution in [0.5, 0.6) is 0 Å². The number of carbonyl (C=O) groups is 2. The van der Waals surface area contributed by atoms with E-state index in [4.69, 9.17) is 4.74 Å². The van der Waals surface area contributed by atoms with Crippen LogP contribution in [0.1, 0.15) is 46.5 Å². The number of ether oxygens (including phenoxy) is 1. The van der Waals surface area contributed by atoms with Crippen LogP contribution in [0.2, 0.25) is 0 Å². The number of hydrogen-bond donors (Lipinski definition) is 0. The first-order chi connectivity index (χ1) is 6.60. The van der Waals surface area contributed by atoms with E-state index in [2.05, 4.69) is 6.92 Å². The number of ketones is 1. The van der Waals surface area contributed by atoms with Crippen molar-refractivity contribution in [3.63, 3.8) is 0 Å². The average Bonchev–Trinajstić information content (AvgIpc) is 2.03. The number of carbonyl (C=O) groups excluding carboxylic acids is 2. The first-order valence-electron chi connectivity index (χ1n) is 5.27. The van der Waals surface area contributed by atoms with Crippen LogP contribution in [0.15, 0.2) is 0 Å². The number of rotatable bonds is 7. The molecule has 0 aliphatic carbocycles. The summed E-state index contributed by atoms with van der Waals surface area (Å²) in [6, 6.07) is 0. The van der Waals surface area contributed by atoms with Gasteiger partial charge in [0.05, 0.1) is 6.61 Å². The van der Waals surface area contributed by atoms with E-state index >= 15 is 0 Å². The van der Waals surface area contributed by atoms with Gasteiger partial charge in [0.1, 0.15) is 12.2 Å². The highest BCUT2D eigenvalue weighted by atomic mass is 16.5. The molecule has 0 aliphatic heterocycles. The molecule has 82 valence electrons. The first kappa shape index (κ1) is 13.1. The zero-order chi connectivity index (χ0) is 11.0. The Morgan fingerprint density at radius 2 is 1.93 bits per heavy atom. The normalized spacial score (nSPS) is 12.2. The van der Waals surface area contributed by atoms with Gasteiger partial charge in [0.25, 0.3) is 0 Å². The van der Waals surface area contributed by atoms with Gasteiger partial charge in [0, 0.05) is 6.42 Å². The summed E-state index contributed by atoms with van der Waals surface area (Å²) in [6.07, 6.45) is 2.54. The second-order valence-corrected chi connectivity index (χ2v) is 3.62. The van der Waals surface area contributed by atoms with Crippen molar-refractivity contribution in [2.45, 2.75) is 46.5 Å². The summed E-state index contributed by atoms with van der Waals surface area (Å²) < 4.78 is 4.69. The topological polar surface area (TPSA) is 43.4 Å². The van der Waals surface area contributed by atoms with Crippen molar-refractivity contribution in [2.24, 2.45) is 5.92 Å². The molecule has 0 bridgehead atoms. The maximum Gasteiger partial charge on any atom is 0.313 e. The lowest BCUT2D eigenvalue weighted by atomic mass is 9.98. The van der Waals surface area contributed by atoms with Gasteiger partial charge in [-0.25, -0.2) is 0 Å². The predicted octanol–water partition coefficient (Wildman–Crippen LogP) is 2.33. The highest BCUT2D eigenvalue weighted by molar-refractivity contribution is 5.95. The lowest BCUT2D eigenvalue weighted by molar-refractivity contribution is -0.145. The molecule has 0 heterocycles. The van der Waals surface area contributed by atoms with Gasteiger partial charge in [0.2, 0.25) is 0 Å². The molecule has 0 spiro atoms. The lowest BCUT2D eigenvalue weighted by Gasteiger charge is -2.08. The molecule has 0 aromatic heterocycles. The van der Waals surface area contributed by atoms with E-state index in [-0.39, 0.29) is 12.2 Å². The maximum absolute atomic E-state index is 11.3. The van der Waals surface area contributed by atoms with E-state index in [0.29, 0.717) is 18.9 Å². The molecule has 0 saturated carbocycles. The van der Waals surface area contributed by atoms with Gasteiger partial charge >= 0.3 is 5.97 Å². The van der Waals surface area contributed by atoms with Crippen LogP contribution in [-0.2, 0) is 14.3 Å². The Morgan fingerprint density at radius 1 is 1.29 bits per heavy atom. The summed E-state index contributed by atoms with van der Waals surface area (Å²) >= 11 is 0. The number of esters is 1. The van der Waals surface area contributed by atoms with Gasteiger partial charge in [-0.05, 0) is 12.8 Å². The molecular weight excluding hydrogens is 180 g/mol. The average molecular weight is 200 g/mol. The van der Waals surface area contributed by atoms with E-state index < -0.39 is 5.97 Å². The second-order valence-electron chi connectivity index (χ2n) is 3.62. The zero-order valence-corrected chi connectivity index (χ0v) is 9.34. The van der Waals surface area contributed by atoms with Crippen LogP contribution in [-0.4, -0.2) is 18.4 Å². The molecule has 0 aliphatic rings. The van der Waals surface area contributed by atoms with Crippen LogP contribution in [0.3, 0.4) is 0 Å². The fourth-order valence-corrected chi connectivity index (χ4v) is 1.43. The second kappa shape index (κ2) is 7.54. The van der Waals surface area contributed by atoms with E-state index in [0.717, 1.165) is 12.8 Å². The quantitative estimate of drug-likeness (QED) is 0.468. The fourth-order valence-electron chi connectivity index (χ4n) is 1.43. The Bertz CT molecular complexity index is 187. The van der Waals surface area contributed by atoms with Gasteiger partial charge in [-0.2, -0.15) is 0 Å². The molecule has 0 aromatic carbocycles. The van der Waals surface area contributed by atoms with Crippen LogP contribution < -0.4 is 0 Å². The Hall–Kier alpha value is -0.860. The maximum atomic E-state index is 11.3. The molecule has 0 radical (unpaired) electrons. The zero-order valence-electron chi connectivity index (χ0n) is 9.34. The van der Waals surface area contributed by atoms with Crippen molar-refractivity contribution in [2.75, 3.05) is 6.61 Å². The van der Waals surface area contributed by atoms with Gasteiger partial charge in [-0.1, -0.05) is 26.7 Å².